The number of hydrogen-bond acceptors (Lipinski definition) is 9. The van der Waals surface area contributed by atoms with Crippen LogP contribution in [0.15, 0.2) is 41.2 Å². The zero-order valence-electron chi connectivity index (χ0n) is 18.1. The SMILES string of the molecule is C[C@H](Nc1nc(N)nc(N)c1C#N)c1nc2cccc(C(N)=O)c2c(=O)n1-c1cc(F)cc(F)c1. The molecule has 176 valence electrons. The van der Waals surface area contributed by atoms with E-state index < -0.39 is 29.1 Å². The molecule has 0 saturated heterocycles. The highest BCUT2D eigenvalue weighted by Gasteiger charge is 2.23. The average molecular weight is 477 g/mol. The maximum Gasteiger partial charge on any atom is 0.266 e. The fraction of sp³-hybridized carbons (Fsp3) is 0.0909. The minimum atomic E-state index is -0.940. The molecule has 13 heteroatoms. The summed E-state index contributed by atoms with van der Waals surface area (Å²) in [5.41, 5.74) is 15.8. The molecule has 0 aliphatic heterocycles. The monoisotopic (exact) mass is 477 g/mol. The number of nitrogens with zero attached hydrogens (tertiary/aromatic N) is 5. The second-order valence-electron chi connectivity index (χ2n) is 7.47. The molecule has 2 aromatic heterocycles. The zero-order chi connectivity index (χ0) is 25.4. The Bertz CT molecular complexity index is 1590. The van der Waals surface area contributed by atoms with E-state index in [1.54, 1.807) is 6.92 Å². The van der Waals surface area contributed by atoms with Crippen molar-refractivity contribution < 1.29 is 13.6 Å². The van der Waals surface area contributed by atoms with Gasteiger partial charge in [0, 0.05) is 6.07 Å². The summed E-state index contributed by atoms with van der Waals surface area (Å²) in [7, 11) is 0. The molecule has 0 bridgehead atoms. The van der Waals surface area contributed by atoms with Crippen molar-refractivity contribution in [3.63, 3.8) is 0 Å². The highest BCUT2D eigenvalue weighted by molar-refractivity contribution is 6.05. The molecule has 0 unspecified atom stereocenters. The Labute approximate surface area is 195 Å². The van der Waals surface area contributed by atoms with Crippen LogP contribution in [-0.2, 0) is 0 Å². The van der Waals surface area contributed by atoms with Crippen molar-refractivity contribution in [2.24, 2.45) is 5.73 Å². The van der Waals surface area contributed by atoms with E-state index in [0.717, 1.165) is 16.7 Å². The summed E-state index contributed by atoms with van der Waals surface area (Å²) in [4.78, 5) is 37.8. The molecule has 0 radical (unpaired) electrons. The van der Waals surface area contributed by atoms with Crippen molar-refractivity contribution in [3.8, 4) is 11.8 Å². The molecular formula is C22H17F2N9O2. The quantitative estimate of drug-likeness (QED) is 0.331. The summed E-state index contributed by atoms with van der Waals surface area (Å²) in [6.45, 7) is 1.56. The number of primary amides is 1. The van der Waals surface area contributed by atoms with Gasteiger partial charge in [-0.15, -0.1) is 0 Å². The van der Waals surface area contributed by atoms with Crippen molar-refractivity contribution in [2.75, 3.05) is 16.8 Å². The lowest BCUT2D eigenvalue weighted by Gasteiger charge is -2.21. The number of carbonyl (C=O) groups is 1. The van der Waals surface area contributed by atoms with Crippen LogP contribution in [0.25, 0.3) is 16.6 Å². The van der Waals surface area contributed by atoms with Gasteiger partial charge in [0.25, 0.3) is 5.56 Å². The lowest BCUT2D eigenvalue weighted by atomic mass is 10.1. The Morgan fingerprint density at radius 1 is 1.14 bits per heavy atom. The van der Waals surface area contributed by atoms with Crippen molar-refractivity contribution in [2.45, 2.75) is 13.0 Å². The van der Waals surface area contributed by atoms with Crippen LogP contribution >= 0.6 is 0 Å². The van der Waals surface area contributed by atoms with E-state index >= 15 is 0 Å². The Morgan fingerprint density at radius 2 is 1.83 bits per heavy atom. The number of anilines is 3. The number of rotatable bonds is 5. The second-order valence-corrected chi connectivity index (χ2v) is 7.47. The summed E-state index contributed by atoms with van der Waals surface area (Å²) in [6.07, 6.45) is 0. The van der Waals surface area contributed by atoms with Crippen LogP contribution in [0.2, 0.25) is 0 Å². The van der Waals surface area contributed by atoms with Gasteiger partial charge in [-0.25, -0.2) is 13.8 Å². The third-order valence-corrected chi connectivity index (χ3v) is 5.10. The van der Waals surface area contributed by atoms with Crippen LogP contribution in [0.3, 0.4) is 0 Å². The van der Waals surface area contributed by atoms with Gasteiger partial charge in [0.2, 0.25) is 11.9 Å². The Kier molecular flexibility index (Phi) is 5.71. The lowest BCUT2D eigenvalue weighted by molar-refractivity contribution is 0.100. The first-order valence-corrected chi connectivity index (χ1v) is 10.0. The number of benzene rings is 2. The minimum absolute atomic E-state index is 0.0197. The van der Waals surface area contributed by atoms with Crippen molar-refractivity contribution >= 4 is 34.4 Å². The zero-order valence-corrected chi connectivity index (χ0v) is 18.1. The summed E-state index contributed by atoms with van der Waals surface area (Å²) in [6, 6.07) is 7.80. The number of hydrogen-bond donors (Lipinski definition) is 4. The number of aromatic nitrogens is 4. The van der Waals surface area contributed by atoms with E-state index in [-0.39, 0.29) is 51.1 Å². The van der Waals surface area contributed by atoms with E-state index in [0.29, 0.717) is 6.07 Å². The third kappa shape index (κ3) is 4.15. The molecule has 0 saturated carbocycles. The molecule has 1 amide bonds. The molecule has 0 spiro atoms. The summed E-state index contributed by atoms with van der Waals surface area (Å²) >= 11 is 0. The van der Waals surface area contributed by atoms with E-state index in [1.165, 1.54) is 18.2 Å². The smallest absolute Gasteiger partial charge is 0.266 e. The van der Waals surface area contributed by atoms with Crippen LogP contribution in [0.1, 0.15) is 34.7 Å². The van der Waals surface area contributed by atoms with E-state index in [2.05, 4.69) is 20.3 Å². The Hall–Kier alpha value is -5.12. The Balaban J connectivity index is 2.01. The van der Waals surface area contributed by atoms with Crippen molar-refractivity contribution in [3.05, 3.63) is 75.3 Å². The number of nitrogen functional groups attached to an aromatic ring is 2. The summed E-state index contributed by atoms with van der Waals surface area (Å²) < 4.78 is 29.1. The first kappa shape index (κ1) is 23.1. The van der Waals surface area contributed by atoms with Gasteiger partial charge < -0.3 is 22.5 Å². The average Bonchev–Trinajstić information content (AvgIpc) is 2.77. The maximum absolute atomic E-state index is 14.1. The largest absolute Gasteiger partial charge is 0.382 e. The van der Waals surface area contributed by atoms with Gasteiger partial charge in [0.05, 0.1) is 28.2 Å². The molecule has 2 heterocycles. The number of nitrogens with one attached hydrogen (secondary N) is 1. The predicted molar refractivity (Wildman–Crippen MR) is 123 cm³/mol. The normalized spacial score (nSPS) is 11.7. The predicted octanol–water partition coefficient (Wildman–Crippen LogP) is 1.76. The van der Waals surface area contributed by atoms with Gasteiger partial charge in [-0.2, -0.15) is 15.2 Å². The van der Waals surface area contributed by atoms with Gasteiger partial charge in [0.1, 0.15) is 34.9 Å². The van der Waals surface area contributed by atoms with Crippen LogP contribution < -0.4 is 28.1 Å². The lowest BCUT2D eigenvalue weighted by Crippen LogP contribution is -2.29. The fourth-order valence-electron chi connectivity index (χ4n) is 3.64. The van der Waals surface area contributed by atoms with Crippen LogP contribution in [0.5, 0.6) is 0 Å². The standard InChI is InChI=1S/C22H17F2N9O2/c1-9(29-19-14(8-25)17(26)31-22(28)32-19)20-30-15-4-2-3-13(18(27)34)16(15)21(35)33(20)12-6-10(23)5-11(24)7-12/h2-7,9H,1H3,(H2,27,34)(H5,26,28,29,31,32)/t9-/m0/s1. The minimum Gasteiger partial charge on any atom is -0.382 e. The van der Waals surface area contributed by atoms with Gasteiger partial charge >= 0.3 is 0 Å². The van der Waals surface area contributed by atoms with Gasteiger partial charge in [-0.1, -0.05) is 6.07 Å². The van der Waals surface area contributed by atoms with Gasteiger partial charge in [-0.05, 0) is 31.2 Å². The summed E-state index contributed by atoms with van der Waals surface area (Å²) in [5.74, 6) is -3.20. The number of amides is 1. The van der Waals surface area contributed by atoms with E-state index in [1.807, 2.05) is 6.07 Å². The molecule has 1 atom stereocenters. The third-order valence-electron chi connectivity index (χ3n) is 5.10. The molecule has 0 fully saturated rings. The number of nitriles is 1. The number of nitrogens with two attached hydrogens (primary N) is 3. The van der Waals surface area contributed by atoms with Crippen LogP contribution in [0, 0.1) is 23.0 Å². The Morgan fingerprint density at radius 3 is 2.46 bits per heavy atom. The molecule has 7 N–H and O–H groups in total. The van der Waals surface area contributed by atoms with E-state index in [9.17, 15) is 23.6 Å². The van der Waals surface area contributed by atoms with Gasteiger partial charge in [0.15, 0.2) is 5.82 Å². The molecule has 4 rings (SSSR count). The first-order chi connectivity index (χ1) is 16.6. The first-order valence-electron chi connectivity index (χ1n) is 10.0. The maximum atomic E-state index is 14.1. The molecule has 0 aliphatic carbocycles. The van der Waals surface area contributed by atoms with Crippen LogP contribution in [0.4, 0.5) is 26.4 Å². The highest BCUT2D eigenvalue weighted by atomic mass is 19.1. The van der Waals surface area contributed by atoms with E-state index in [4.69, 9.17) is 17.2 Å². The molecule has 0 aliphatic rings. The second kappa shape index (κ2) is 8.67. The molecule has 2 aromatic carbocycles. The number of fused-ring (bicyclic) bond motifs is 1. The van der Waals surface area contributed by atoms with Gasteiger partial charge in [-0.3, -0.25) is 14.2 Å². The molecule has 11 nitrogen and oxygen atoms in total. The van der Waals surface area contributed by atoms with Crippen molar-refractivity contribution in [1.82, 2.24) is 19.5 Å². The molecule has 4 aromatic rings. The topological polar surface area (TPSA) is 192 Å². The molecule has 35 heavy (non-hydrogen) atoms. The fourth-order valence-corrected chi connectivity index (χ4v) is 3.64. The summed E-state index contributed by atoms with van der Waals surface area (Å²) in [5, 5.41) is 12.2. The number of carbonyl (C=O) groups excluding carboxylic acids is 1. The molecular weight excluding hydrogens is 460 g/mol. The van der Waals surface area contributed by atoms with Crippen LogP contribution in [-0.4, -0.2) is 25.4 Å². The number of halogens is 2. The highest BCUT2D eigenvalue weighted by Crippen LogP contribution is 2.26. The van der Waals surface area contributed by atoms with Crippen molar-refractivity contribution in [1.29, 1.82) is 5.26 Å².